The van der Waals surface area contributed by atoms with E-state index in [4.69, 9.17) is 4.74 Å². The molecule has 0 saturated heterocycles. The lowest BCUT2D eigenvalue weighted by atomic mass is 10.1. The predicted molar refractivity (Wildman–Crippen MR) is 130 cm³/mol. The van der Waals surface area contributed by atoms with Crippen LogP contribution in [0.3, 0.4) is 0 Å². The highest BCUT2D eigenvalue weighted by Gasteiger charge is 2.30. The van der Waals surface area contributed by atoms with Gasteiger partial charge in [-0.3, -0.25) is 10.1 Å². The molecule has 182 valence electrons. The number of carbonyl (C=O) groups excluding carboxylic acids is 2. The second kappa shape index (κ2) is 10.4. The first-order valence-corrected chi connectivity index (χ1v) is 11.5. The van der Waals surface area contributed by atoms with Crippen LogP contribution >= 0.6 is 0 Å². The quantitative estimate of drug-likeness (QED) is 0.421. The molecule has 0 bridgehead atoms. The van der Waals surface area contributed by atoms with Crippen molar-refractivity contribution in [3.63, 3.8) is 0 Å². The number of anilines is 1. The van der Waals surface area contributed by atoms with Gasteiger partial charge in [-0.05, 0) is 37.0 Å². The fourth-order valence-corrected chi connectivity index (χ4v) is 3.80. The maximum absolute atomic E-state index is 12.6. The maximum Gasteiger partial charge on any atom is 0.413 e. The summed E-state index contributed by atoms with van der Waals surface area (Å²) in [5, 5.41) is 14.8. The zero-order valence-corrected chi connectivity index (χ0v) is 19.6. The molecule has 1 heterocycles. The van der Waals surface area contributed by atoms with Crippen molar-refractivity contribution in [2.75, 3.05) is 5.32 Å². The molecule has 9 heteroatoms. The number of hydrogen-bond donors (Lipinski definition) is 3. The smallest absolute Gasteiger partial charge is 0.413 e. The molecular weight excluding hydrogens is 448 g/mol. The number of nitrogens with zero attached hydrogens (tertiary/aromatic N) is 2. The van der Waals surface area contributed by atoms with E-state index in [0.29, 0.717) is 35.0 Å². The Kier molecular flexibility index (Phi) is 7.14. The molecule has 9 nitrogen and oxygen atoms in total. The van der Waals surface area contributed by atoms with Gasteiger partial charge < -0.3 is 19.7 Å². The van der Waals surface area contributed by atoms with Crippen LogP contribution in [-0.4, -0.2) is 38.7 Å². The van der Waals surface area contributed by atoms with Crippen LogP contribution in [0.1, 0.15) is 48.2 Å². The van der Waals surface area contributed by atoms with Crippen LogP contribution < -0.4 is 10.6 Å². The van der Waals surface area contributed by atoms with Gasteiger partial charge in [-0.2, -0.15) is 0 Å². The molecule has 35 heavy (non-hydrogen) atoms. The molecule has 4 rings (SSSR count). The van der Waals surface area contributed by atoms with Gasteiger partial charge in [-0.15, -0.1) is 0 Å². The van der Waals surface area contributed by atoms with Gasteiger partial charge in [0.25, 0.3) is 5.91 Å². The van der Waals surface area contributed by atoms with E-state index in [1.807, 2.05) is 30.3 Å². The Morgan fingerprint density at radius 3 is 2.43 bits per heavy atom. The first-order chi connectivity index (χ1) is 16.8. The van der Waals surface area contributed by atoms with Crippen LogP contribution in [0.2, 0.25) is 0 Å². The topological polar surface area (TPSA) is 123 Å². The SMILES string of the molecule is CC(OC(=O)Nc1c(-c2ccc(C(=O)NC(CC3CC3)C(=O)O)cc2)ncn1C)c1ccccc1. The lowest BCUT2D eigenvalue weighted by Crippen LogP contribution is -2.41. The molecule has 2 amide bonds. The average Bonchev–Trinajstić information content (AvgIpc) is 3.60. The molecule has 1 fully saturated rings. The third-order valence-electron chi connectivity index (χ3n) is 6.00. The van der Waals surface area contributed by atoms with Gasteiger partial charge >= 0.3 is 12.1 Å². The average molecular weight is 477 g/mol. The number of carboxylic acids is 1. The number of aryl methyl sites for hydroxylation is 1. The molecule has 1 aliphatic rings. The van der Waals surface area contributed by atoms with E-state index in [1.54, 1.807) is 49.1 Å². The second-order valence-corrected chi connectivity index (χ2v) is 8.76. The Bertz CT molecular complexity index is 1200. The number of hydrogen-bond acceptors (Lipinski definition) is 5. The fourth-order valence-electron chi connectivity index (χ4n) is 3.80. The third kappa shape index (κ3) is 6.06. The molecule has 0 spiro atoms. The lowest BCUT2D eigenvalue weighted by Gasteiger charge is -2.15. The fraction of sp³-hybridized carbons (Fsp3) is 0.308. The second-order valence-electron chi connectivity index (χ2n) is 8.76. The molecule has 3 aromatic rings. The molecular formula is C26H28N4O5. The minimum absolute atomic E-state index is 0.345. The Hall–Kier alpha value is -4.14. The number of benzene rings is 2. The van der Waals surface area contributed by atoms with Crippen molar-refractivity contribution in [3.8, 4) is 11.3 Å². The predicted octanol–water partition coefficient (Wildman–Crippen LogP) is 4.38. The highest BCUT2D eigenvalue weighted by molar-refractivity contribution is 5.97. The van der Waals surface area contributed by atoms with E-state index in [-0.39, 0.29) is 0 Å². The minimum Gasteiger partial charge on any atom is -0.480 e. The summed E-state index contributed by atoms with van der Waals surface area (Å²) < 4.78 is 7.17. The molecule has 0 radical (unpaired) electrons. The van der Waals surface area contributed by atoms with Gasteiger partial charge in [-0.1, -0.05) is 55.3 Å². The Labute approximate surface area is 203 Å². The monoisotopic (exact) mass is 476 g/mol. The van der Waals surface area contributed by atoms with E-state index in [0.717, 1.165) is 18.4 Å². The van der Waals surface area contributed by atoms with Crippen LogP contribution in [0.5, 0.6) is 0 Å². The van der Waals surface area contributed by atoms with E-state index >= 15 is 0 Å². The van der Waals surface area contributed by atoms with Crippen LogP contribution in [0.15, 0.2) is 60.9 Å². The molecule has 1 aromatic heterocycles. The van der Waals surface area contributed by atoms with Crippen molar-refractivity contribution in [1.82, 2.24) is 14.9 Å². The van der Waals surface area contributed by atoms with E-state index in [2.05, 4.69) is 15.6 Å². The van der Waals surface area contributed by atoms with Crippen molar-refractivity contribution in [1.29, 1.82) is 0 Å². The number of aromatic nitrogens is 2. The van der Waals surface area contributed by atoms with E-state index in [9.17, 15) is 19.5 Å². The summed E-state index contributed by atoms with van der Waals surface area (Å²) in [5.74, 6) is -0.652. The number of carboxylic acid groups (broad SMARTS) is 1. The van der Waals surface area contributed by atoms with Crippen LogP contribution in [0.25, 0.3) is 11.3 Å². The van der Waals surface area contributed by atoms with Crippen molar-refractivity contribution in [2.24, 2.45) is 13.0 Å². The van der Waals surface area contributed by atoms with Gasteiger partial charge in [-0.25, -0.2) is 14.6 Å². The Balaban J connectivity index is 1.43. The minimum atomic E-state index is -1.03. The zero-order valence-electron chi connectivity index (χ0n) is 19.6. The summed E-state index contributed by atoms with van der Waals surface area (Å²) in [4.78, 5) is 41.0. The zero-order chi connectivity index (χ0) is 24.9. The Morgan fingerprint density at radius 2 is 1.80 bits per heavy atom. The molecule has 2 aromatic carbocycles. The molecule has 2 unspecified atom stereocenters. The van der Waals surface area contributed by atoms with Crippen molar-refractivity contribution in [2.45, 2.75) is 38.3 Å². The van der Waals surface area contributed by atoms with Crippen LogP contribution in [0.4, 0.5) is 10.6 Å². The number of carbonyl (C=O) groups is 3. The summed E-state index contributed by atoms with van der Waals surface area (Å²) in [5.41, 5.74) is 2.42. The number of ether oxygens (including phenoxy) is 1. The summed E-state index contributed by atoms with van der Waals surface area (Å²) in [6.07, 6.45) is 2.99. The molecule has 3 N–H and O–H groups in total. The number of aliphatic carboxylic acids is 1. The third-order valence-corrected chi connectivity index (χ3v) is 6.00. The van der Waals surface area contributed by atoms with Crippen molar-refractivity contribution >= 4 is 23.8 Å². The number of imidazole rings is 1. The van der Waals surface area contributed by atoms with Crippen LogP contribution in [-0.2, 0) is 16.6 Å². The molecule has 0 aliphatic heterocycles. The standard InChI is InChI=1S/C26H28N4O5/c1-16(18-6-4-3-5-7-18)35-26(34)29-23-22(27-15-30(23)2)19-10-12-20(13-11-19)24(31)28-21(25(32)33)14-17-8-9-17/h3-7,10-13,15-17,21H,8-9,14H2,1-2H3,(H,28,31)(H,29,34)(H,32,33). The summed E-state index contributed by atoms with van der Waals surface area (Å²) >= 11 is 0. The Morgan fingerprint density at radius 1 is 1.11 bits per heavy atom. The largest absolute Gasteiger partial charge is 0.480 e. The van der Waals surface area contributed by atoms with E-state index in [1.165, 1.54) is 0 Å². The van der Waals surface area contributed by atoms with Gasteiger partial charge in [0.15, 0.2) is 0 Å². The van der Waals surface area contributed by atoms with Gasteiger partial charge in [0.2, 0.25) is 0 Å². The first-order valence-electron chi connectivity index (χ1n) is 11.5. The summed E-state index contributed by atoms with van der Waals surface area (Å²) in [7, 11) is 1.75. The van der Waals surface area contributed by atoms with Crippen molar-refractivity contribution in [3.05, 3.63) is 72.1 Å². The van der Waals surface area contributed by atoms with Gasteiger partial charge in [0, 0.05) is 18.2 Å². The summed E-state index contributed by atoms with van der Waals surface area (Å²) in [6.45, 7) is 1.79. The number of rotatable bonds is 9. The number of nitrogens with one attached hydrogen (secondary N) is 2. The molecule has 1 aliphatic carbocycles. The maximum atomic E-state index is 12.6. The molecule has 2 atom stereocenters. The number of amides is 2. The van der Waals surface area contributed by atoms with Crippen molar-refractivity contribution < 1.29 is 24.2 Å². The van der Waals surface area contributed by atoms with Crippen LogP contribution in [0, 0.1) is 5.92 Å². The normalized spacial score (nSPS) is 14.6. The highest BCUT2D eigenvalue weighted by Crippen LogP contribution is 2.33. The highest BCUT2D eigenvalue weighted by atomic mass is 16.6. The summed E-state index contributed by atoms with van der Waals surface area (Å²) in [6, 6.07) is 15.1. The van der Waals surface area contributed by atoms with Gasteiger partial charge in [0.05, 0.1) is 6.33 Å². The van der Waals surface area contributed by atoms with E-state index < -0.39 is 30.1 Å². The first kappa shape index (κ1) is 24.0. The lowest BCUT2D eigenvalue weighted by molar-refractivity contribution is -0.139. The van der Waals surface area contributed by atoms with Gasteiger partial charge in [0.1, 0.15) is 23.7 Å². The molecule has 1 saturated carbocycles.